The number of nitrogens with zero attached hydrogens (tertiary/aromatic N) is 4. The molecule has 0 N–H and O–H groups in total. The molecule has 0 amide bonds. The summed E-state index contributed by atoms with van der Waals surface area (Å²) in [7, 11) is -3.48. The van der Waals surface area contributed by atoms with Crippen molar-refractivity contribution in [3.8, 4) is 0 Å². The molecule has 1 aromatic carbocycles. The Kier molecular flexibility index (Phi) is 5.93. The monoisotopic (exact) mass is 406 g/mol. The lowest BCUT2D eigenvalue weighted by Crippen LogP contribution is -2.36. The first-order valence-electron chi connectivity index (χ1n) is 9.74. The van der Waals surface area contributed by atoms with Crippen molar-refractivity contribution < 1.29 is 12.9 Å². The van der Waals surface area contributed by atoms with E-state index in [-0.39, 0.29) is 11.5 Å². The van der Waals surface area contributed by atoms with Gasteiger partial charge < -0.3 is 4.52 Å². The van der Waals surface area contributed by atoms with Gasteiger partial charge in [0.15, 0.2) is 5.82 Å². The number of benzene rings is 1. The Labute approximate surface area is 167 Å². The Morgan fingerprint density at radius 2 is 1.75 bits per heavy atom. The second kappa shape index (κ2) is 7.93. The van der Waals surface area contributed by atoms with Crippen molar-refractivity contribution in [2.24, 2.45) is 0 Å². The van der Waals surface area contributed by atoms with Crippen LogP contribution in [0.15, 0.2) is 33.7 Å². The van der Waals surface area contributed by atoms with Gasteiger partial charge in [-0.15, -0.1) is 0 Å². The average molecular weight is 407 g/mol. The summed E-state index contributed by atoms with van der Waals surface area (Å²) in [5.74, 6) is 1.27. The maximum atomic E-state index is 13.0. The van der Waals surface area contributed by atoms with E-state index in [1.807, 2.05) is 46.8 Å². The Hall–Kier alpha value is -1.77. The maximum Gasteiger partial charge on any atom is 0.243 e. The molecular formula is C20H30N4O3S. The summed E-state index contributed by atoms with van der Waals surface area (Å²) in [5.41, 5.74) is 0.878. The van der Waals surface area contributed by atoms with Crippen LogP contribution in [0.4, 0.5) is 0 Å². The predicted molar refractivity (Wildman–Crippen MR) is 108 cm³/mol. The molecule has 28 heavy (non-hydrogen) atoms. The van der Waals surface area contributed by atoms with Crippen molar-refractivity contribution in [1.82, 2.24) is 19.3 Å². The van der Waals surface area contributed by atoms with Crippen LogP contribution in [0.2, 0.25) is 0 Å². The number of sulfonamides is 1. The van der Waals surface area contributed by atoms with Gasteiger partial charge in [0.1, 0.15) is 0 Å². The number of hydrogen-bond acceptors (Lipinski definition) is 6. The van der Waals surface area contributed by atoms with E-state index in [9.17, 15) is 8.42 Å². The Balaban J connectivity index is 1.70. The molecule has 1 aliphatic rings. The molecular weight excluding hydrogens is 376 g/mol. The lowest BCUT2D eigenvalue weighted by Gasteiger charge is -2.25. The van der Waals surface area contributed by atoms with Gasteiger partial charge in [0.25, 0.3) is 0 Å². The van der Waals surface area contributed by atoms with Crippen LogP contribution >= 0.6 is 0 Å². The average Bonchev–Trinajstić information content (AvgIpc) is 3.00. The van der Waals surface area contributed by atoms with Crippen LogP contribution in [0.25, 0.3) is 0 Å². The quantitative estimate of drug-likeness (QED) is 0.776. The second-order valence-electron chi connectivity index (χ2n) is 8.49. The van der Waals surface area contributed by atoms with E-state index in [1.165, 1.54) is 0 Å². The van der Waals surface area contributed by atoms with Gasteiger partial charge in [-0.25, -0.2) is 8.42 Å². The highest BCUT2D eigenvalue weighted by atomic mass is 32.2. The van der Waals surface area contributed by atoms with Crippen LogP contribution in [-0.2, 0) is 15.4 Å². The van der Waals surface area contributed by atoms with Gasteiger partial charge in [0, 0.05) is 31.6 Å². The number of rotatable bonds is 4. The van der Waals surface area contributed by atoms with E-state index in [1.54, 1.807) is 16.4 Å². The molecule has 1 saturated heterocycles. The lowest BCUT2D eigenvalue weighted by atomic mass is 9.96. The van der Waals surface area contributed by atoms with Crippen LogP contribution in [0, 0.1) is 6.92 Å². The summed E-state index contributed by atoms with van der Waals surface area (Å²) < 4.78 is 33.0. The van der Waals surface area contributed by atoms with E-state index >= 15 is 0 Å². The van der Waals surface area contributed by atoms with Gasteiger partial charge in [-0.2, -0.15) is 9.29 Å². The minimum atomic E-state index is -3.48. The van der Waals surface area contributed by atoms with E-state index in [2.05, 4.69) is 15.0 Å². The number of aromatic nitrogens is 2. The Bertz CT molecular complexity index is 900. The highest BCUT2D eigenvalue weighted by Crippen LogP contribution is 2.25. The molecule has 0 bridgehead atoms. The molecule has 7 nitrogen and oxygen atoms in total. The topological polar surface area (TPSA) is 79.5 Å². The first kappa shape index (κ1) is 21.0. The van der Waals surface area contributed by atoms with Crippen molar-refractivity contribution >= 4 is 10.0 Å². The third-order valence-electron chi connectivity index (χ3n) is 5.17. The fourth-order valence-electron chi connectivity index (χ4n) is 3.27. The molecule has 0 spiro atoms. The molecule has 1 aliphatic heterocycles. The van der Waals surface area contributed by atoms with E-state index < -0.39 is 10.0 Å². The van der Waals surface area contributed by atoms with Gasteiger partial charge >= 0.3 is 0 Å². The van der Waals surface area contributed by atoms with Crippen LogP contribution in [-0.4, -0.2) is 53.9 Å². The zero-order valence-electron chi connectivity index (χ0n) is 17.3. The van der Waals surface area contributed by atoms with Crippen molar-refractivity contribution in [3.63, 3.8) is 0 Å². The number of aryl methyl sites for hydroxylation is 1. The third-order valence-corrected chi connectivity index (χ3v) is 7.08. The molecule has 1 fully saturated rings. The van der Waals surface area contributed by atoms with Crippen LogP contribution in [0.1, 0.15) is 57.4 Å². The molecule has 0 aliphatic carbocycles. The molecule has 1 aromatic heterocycles. The molecule has 0 unspecified atom stereocenters. The summed E-state index contributed by atoms with van der Waals surface area (Å²) in [6, 6.07) is 6.99. The zero-order chi connectivity index (χ0) is 20.5. The van der Waals surface area contributed by atoms with Gasteiger partial charge in [0.05, 0.1) is 10.9 Å². The van der Waals surface area contributed by atoms with Crippen LogP contribution in [0.3, 0.4) is 0 Å². The highest BCUT2D eigenvalue weighted by molar-refractivity contribution is 7.89. The Morgan fingerprint density at radius 1 is 1.07 bits per heavy atom. The normalized spacial score (nSPS) is 18.8. The smallest absolute Gasteiger partial charge is 0.243 e. The summed E-state index contributed by atoms with van der Waals surface area (Å²) in [5, 5.41) is 4.11. The minimum Gasteiger partial charge on any atom is -0.338 e. The van der Waals surface area contributed by atoms with Crippen LogP contribution < -0.4 is 0 Å². The standard InChI is InChI=1S/C20H30N4O3S/c1-15-7-9-17(10-8-15)28(25,26)24-12-6-11-23(13-14-24)16(2)18-21-19(22-27-18)20(3,4)5/h7-10,16H,6,11-14H2,1-5H3/t16-/m0/s1. The van der Waals surface area contributed by atoms with Crippen LogP contribution in [0.5, 0.6) is 0 Å². The molecule has 2 heterocycles. The fraction of sp³-hybridized carbons (Fsp3) is 0.600. The lowest BCUT2D eigenvalue weighted by molar-refractivity contribution is 0.181. The Morgan fingerprint density at radius 3 is 2.36 bits per heavy atom. The van der Waals surface area contributed by atoms with Crippen molar-refractivity contribution in [2.45, 2.75) is 57.4 Å². The van der Waals surface area contributed by atoms with Crippen molar-refractivity contribution in [1.29, 1.82) is 0 Å². The second-order valence-corrected chi connectivity index (χ2v) is 10.4. The first-order valence-corrected chi connectivity index (χ1v) is 11.2. The van der Waals surface area contributed by atoms with Gasteiger partial charge in [0.2, 0.25) is 15.9 Å². The summed E-state index contributed by atoms with van der Waals surface area (Å²) in [6.07, 6.45) is 0.760. The van der Waals surface area contributed by atoms with Gasteiger partial charge in [-0.1, -0.05) is 43.6 Å². The summed E-state index contributed by atoms with van der Waals surface area (Å²) in [4.78, 5) is 7.13. The molecule has 3 rings (SSSR count). The summed E-state index contributed by atoms with van der Waals surface area (Å²) >= 11 is 0. The van der Waals surface area contributed by atoms with E-state index in [4.69, 9.17) is 4.52 Å². The fourth-order valence-corrected chi connectivity index (χ4v) is 4.74. The number of hydrogen-bond donors (Lipinski definition) is 0. The molecule has 2 aromatic rings. The van der Waals surface area contributed by atoms with E-state index in [0.29, 0.717) is 36.2 Å². The maximum absolute atomic E-state index is 13.0. The largest absolute Gasteiger partial charge is 0.338 e. The molecule has 8 heteroatoms. The summed E-state index contributed by atoms with van der Waals surface area (Å²) in [6.45, 7) is 12.5. The predicted octanol–water partition coefficient (Wildman–Crippen LogP) is 3.13. The zero-order valence-corrected chi connectivity index (χ0v) is 18.2. The molecule has 0 saturated carbocycles. The van der Waals surface area contributed by atoms with Crippen molar-refractivity contribution in [3.05, 3.63) is 41.5 Å². The molecule has 154 valence electrons. The van der Waals surface area contributed by atoms with E-state index in [0.717, 1.165) is 18.5 Å². The van der Waals surface area contributed by atoms with Gasteiger partial charge in [-0.3, -0.25) is 4.90 Å². The SMILES string of the molecule is Cc1ccc(S(=O)(=O)N2CCCN([C@@H](C)c3nc(C(C)(C)C)no3)CC2)cc1. The third kappa shape index (κ3) is 4.45. The molecule has 1 atom stereocenters. The highest BCUT2D eigenvalue weighted by Gasteiger charge is 2.31. The minimum absolute atomic E-state index is 0.0503. The first-order chi connectivity index (χ1) is 13.1. The van der Waals surface area contributed by atoms with Crippen molar-refractivity contribution in [2.75, 3.05) is 26.2 Å². The van der Waals surface area contributed by atoms with Gasteiger partial charge in [-0.05, 0) is 32.4 Å². The molecule has 0 radical (unpaired) electrons.